The molecule has 2 fully saturated rings. The third-order valence-electron chi connectivity index (χ3n) is 3.99. The quantitative estimate of drug-likeness (QED) is 0.675. The Morgan fingerprint density at radius 3 is 2.71 bits per heavy atom. The van der Waals surface area contributed by atoms with E-state index in [1.54, 1.807) is 0 Å². The Kier molecular flexibility index (Phi) is 2.65. The molecule has 14 heavy (non-hydrogen) atoms. The summed E-state index contributed by atoms with van der Waals surface area (Å²) in [7, 11) is 0. The maximum Gasteiger partial charge on any atom is 0.143 e. The van der Waals surface area contributed by atoms with Crippen molar-refractivity contribution in [3.63, 3.8) is 0 Å². The van der Waals surface area contributed by atoms with Gasteiger partial charge < -0.3 is 4.74 Å². The fourth-order valence-corrected chi connectivity index (χ4v) is 2.13. The normalized spacial score (nSPS) is 37.0. The van der Waals surface area contributed by atoms with Crippen molar-refractivity contribution in [1.82, 2.24) is 0 Å². The molecule has 0 heterocycles. The highest BCUT2D eigenvalue weighted by atomic mass is 16.5. The van der Waals surface area contributed by atoms with Crippen LogP contribution in [0.15, 0.2) is 0 Å². The van der Waals surface area contributed by atoms with Crippen molar-refractivity contribution in [1.29, 1.82) is 0 Å². The van der Waals surface area contributed by atoms with Gasteiger partial charge in [0.25, 0.3) is 0 Å². The van der Waals surface area contributed by atoms with Crippen molar-refractivity contribution in [3.05, 3.63) is 0 Å². The number of hydrogen-bond donors (Lipinski definition) is 0. The molecule has 2 aliphatic rings. The first-order valence-corrected chi connectivity index (χ1v) is 5.81. The Labute approximate surface area is 86.0 Å². The first-order valence-electron chi connectivity index (χ1n) is 5.81. The van der Waals surface area contributed by atoms with Crippen LogP contribution in [0, 0.1) is 11.3 Å². The highest BCUT2D eigenvalue weighted by Crippen LogP contribution is 2.42. The van der Waals surface area contributed by atoms with E-state index in [2.05, 4.69) is 6.92 Å². The summed E-state index contributed by atoms with van der Waals surface area (Å²) in [6.07, 6.45) is 5.74. The summed E-state index contributed by atoms with van der Waals surface area (Å²) in [6, 6.07) is 0. The van der Waals surface area contributed by atoms with Crippen LogP contribution in [0.5, 0.6) is 0 Å². The molecule has 2 atom stereocenters. The van der Waals surface area contributed by atoms with E-state index in [1.807, 2.05) is 6.92 Å². The maximum atomic E-state index is 11.4. The molecule has 0 amide bonds. The topological polar surface area (TPSA) is 26.3 Å². The molecule has 2 saturated carbocycles. The van der Waals surface area contributed by atoms with Gasteiger partial charge in [0.1, 0.15) is 5.78 Å². The number of ether oxygens (including phenoxy) is 1. The van der Waals surface area contributed by atoms with Crippen LogP contribution in [0.25, 0.3) is 0 Å². The molecule has 0 aromatic rings. The van der Waals surface area contributed by atoms with Gasteiger partial charge in [-0.25, -0.2) is 0 Å². The highest BCUT2D eigenvalue weighted by Gasteiger charge is 2.50. The van der Waals surface area contributed by atoms with Gasteiger partial charge in [0.15, 0.2) is 0 Å². The van der Waals surface area contributed by atoms with Gasteiger partial charge in [-0.3, -0.25) is 4.79 Å². The van der Waals surface area contributed by atoms with Gasteiger partial charge >= 0.3 is 0 Å². The summed E-state index contributed by atoms with van der Waals surface area (Å²) in [6.45, 7) is 4.98. The van der Waals surface area contributed by atoms with Crippen LogP contribution >= 0.6 is 0 Å². The zero-order valence-corrected chi connectivity index (χ0v) is 9.21. The standard InChI is InChI=1S/C12H20O2/c1-3-12(2)10(13)8-11(12)14-7-6-9-4-5-9/h9,11H,3-8H2,1-2H3. The Morgan fingerprint density at radius 2 is 2.21 bits per heavy atom. The van der Waals surface area contributed by atoms with E-state index in [-0.39, 0.29) is 11.5 Å². The lowest BCUT2D eigenvalue weighted by atomic mass is 9.64. The Bertz CT molecular complexity index is 232. The Balaban J connectivity index is 1.72. The van der Waals surface area contributed by atoms with E-state index in [1.165, 1.54) is 19.3 Å². The summed E-state index contributed by atoms with van der Waals surface area (Å²) in [5.74, 6) is 1.31. The van der Waals surface area contributed by atoms with E-state index in [9.17, 15) is 4.79 Å². The molecule has 0 saturated heterocycles. The number of hydrogen-bond acceptors (Lipinski definition) is 2. The molecule has 0 bridgehead atoms. The van der Waals surface area contributed by atoms with Crippen LogP contribution in [0.4, 0.5) is 0 Å². The minimum Gasteiger partial charge on any atom is -0.377 e. The number of carbonyl (C=O) groups is 1. The number of rotatable bonds is 5. The van der Waals surface area contributed by atoms with Gasteiger partial charge in [-0.1, -0.05) is 26.7 Å². The highest BCUT2D eigenvalue weighted by molar-refractivity contribution is 5.91. The van der Waals surface area contributed by atoms with Crippen LogP contribution in [-0.2, 0) is 9.53 Å². The van der Waals surface area contributed by atoms with Crippen molar-refractivity contribution in [3.8, 4) is 0 Å². The molecule has 0 spiro atoms. The minimum absolute atomic E-state index is 0.163. The summed E-state index contributed by atoms with van der Waals surface area (Å²) in [4.78, 5) is 11.4. The third-order valence-corrected chi connectivity index (χ3v) is 3.99. The lowest BCUT2D eigenvalue weighted by Gasteiger charge is -2.44. The number of carbonyl (C=O) groups excluding carboxylic acids is 1. The van der Waals surface area contributed by atoms with Crippen LogP contribution in [-0.4, -0.2) is 18.5 Å². The molecule has 2 unspecified atom stereocenters. The number of Topliss-reactive ketones (excluding diaryl/α,β-unsaturated/α-hetero) is 1. The first-order chi connectivity index (χ1) is 6.66. The molecule has 2 heteroatoms. The van der Waals surface area contributed by atoms with Crippen molar-refractivity contribution < 1.29 is 9.53 Å². The summed E-state index contributed by atoms with van der Waals surface area (Å²) < 4.78 is 5.78. The molecule has 0 radical (unpaired) electrons. The largest absolute Gasteiger partial charge is 0.377 e. The second-order valence-electron chi connectivity index (χ2n) is 4.99. The fraction of sp³-hybridized carbons (Fsp3) is 0.917. The Morgan fingerprint density at radius 1 is 1.50 bits per heavy atom. The van der Waals surface area contributed by atoms with E-state index in [0.717, 1.165) is 18.9 Å². The monoisotopic (exact) mass is 196 g/mol. The number of ketones is 1. The van der Waals surface area contributed by atoms with Gasteiger partial charge in [0.05, 0.1) is 11.5 Å². The van der Waals surface area contributed by atoms with E-state index in [0.29, 0.717) is 12.2 Å². The first kappa shape index (κ1) is 10.2. The molecule has 0 aromatic heterocycles. The van der Waals surface area contributed by atoms with Crippen molar-refractivity contribution in [2.24, 2.45) is 11.3 Å². The molecular formula is C12H20O2. The minimum atomic E-state index is -0.163. The predicted octanol–water partition coefficient (Wildman–Crippen LogP) is 2.56. The average Bonchev–Trinajstić information content (AvgIpc) is 2.99. The van der Waals surface area contributed by atoms with Crippen molar-refractivity contribution in [2.45, 2.75) is 52.1 Å². The Hall–Kier alpha value is -0.370. The molecule has 2 aliphatic carbocycles. The van der Waals surface area contributed by atoms with Gasteiger partial charge in [-0.05, 0) is 18.8 Å². The lowest BCUT2D eigenvalue weighted by Crippen LogP contribution is -2.53. The SMILES string of the molecule is CCC1(C)C(=O)CC1OCCC1CC1. The van der Waals surface area contributed by atoms with Crippen LogP contribution < -0.4 is 0 Å². The predicted molar refractivity (Wildman–Crippen MR) is 55.1 cm³/mol. The molecular weight excluding hydrogens is 176 g/mol. The summed E-state index contributed by atoms with van der Waals surface area (Å²) in [5, 5.41) is 0. The summed E-state index contributed by atoms with van der Waals surface area (Å²) >= 11 is 0. The van der Waals surface area contributed by atoms with Crippen molar-refractivity contribution in [2.75, 3.05) is 6.61 Å². The molecule has 0 aromatic carbocycles. The molecule has 0 N–H and O–H groups in total. The van der Waals surface area contributed by atoms with Gasteiger partial charge in [0.2, 0.25) is 0 Å². The molecule has 2 nitrogen and oxygen atoms in total. The molecule has 0 aliphatic heterocycles. The van der Waals surface area contributed by atoms with Gasteiger partial charge in [-0.2, -0.15) is 0 Å². The molecule has 80 valence electrons. The lowest BCUT2D eigenvalue weighted by molar-refractivity contribution is -0.161. The van der Waals surface area contributed by atoms with Crippen molar-refractivity contribution >= 4 is 5.78 Å². The van der Waals surface area contributed by atoms with Crippen LogP contribution in [0.3, 0.4) is 0 Å². The zero-order chi connectivity index (χ0) is 10.2. The summed E-state index contributed by atoms with van der Waals surface area (Å²) in [5.41, 5.74) is -0.163. The second-order valence-corrected chi connectivity index (χ2v) is 4.99. The maximum absolute atomic E-state index is 11.4. The zero-order valence-electron chi connectivity index (χ0n) is 9.21. The smallest absolute Gasteiger partial charge is 0.143 e. The van der Waals surface area contributed by atoms with Gasteiger partial charge in [-0.15, -0.1) is 0 Å². The van der Waals surface area contributed by atoms with Crippen LogP contribution in [0.1, 0.15) is 46.0 Å². The van der Waals surface area contributed by atoms with E-state index in [4.69, 9.17) is 4.74 Å². The fourth-order valence-electron chi connectivity index (χ4n) is 2.13. The average molecular weight is 196 g/mol. The van der Waals surface area contributed by atoms with E-state index < -0.39 is 0 Å². The van der Waals surface area contributed by atoms with Gasteiger partial charge in [0, 0.05) is 13.0 Å². The third kappa shape index (κ3) is 1.72. The van der Waals surface area contributed by atoms with E-state index >= 15 is 0 Å². The second kappa shape index (κ2) is 3.65. The molecule has 2 rings (SSSR count). The van der Waals surface area contributed by atoms with Crippen LogP contribution in [0.2, 0.25) is 0 Å².